The molecule has 0 aliphatic carbocycles. The summed E-state index contributed by atoms with van der Waals surface area (Å²) in [6.07, 6.45) is 4.42. The number of rotatable bonds is 4. The van der Waals surface area contributed by atoms with Crippen LogP contribution in [0.5, 0.6) is 5.75 Å². The molecule has 124 valence electrons. The lowest BCUT2D eigenvalue weighted by molar-refractivity contribution is -0.0207. The van der Waals surface area contributed by atoms with Crippen LogP contribution in [-0.4, -0.2) is 42.4 Å². The van der Waals surface area contributed by atoms with E-state index in [1.54, 1.807) is 24.5 Å². The quantitative estimate of drug-likeness (QED) is 0.672. The zero-order chi connectivity index (χ0) is 16.5. The first-order valence-electron chi connectivity index (χ1n) is 7.74. The third-order valence-corrected chi connectivity index (χ3v) is 4.07. The SMILES string of the molecule is OC[C@@H]1CC[C@H](n2cnc3c(Nc4cccc(O)c4)ncnc32)O1. The van der Waals surface area contributed by atoms with E-state index in [-0.39, 0.29) is 24.7 Å². The first-order chi connectivity index (χ1) is 11.7. The number of phenols is 1. The Morgan fingerprint density at radius 1 is 1.25 bits per heavy atom. The van der Waals surface area contributed by atoms with Crippen LogP contribution in [0.3, 0.4) is 0 Å². The lowest BCUT2D eigenvalue weighted by Crippen LogP contribution is -2.14. The van der Waals surface area contributed by atoms with Crippen molar-refractivity contribution in [2.75, 3.05) is 11.9 Å². The Hall–Kier alpha value is -2.71. The van der Waals surface area contributed by atoms with Gasteiger partial charge in [0.15, 0.2) is 17.0 Å². The van der Waals surface area contributed by atoms with Gasteiger partial charge in [-0.25, -0.2) is 15.0 Å². The number of aliphatic hydroxyl groups is 1. The number of imidazole rings is 1. The van der Waals surface area contributed by atoms with Gasteiger partial charge >= 0.3 is 0 Å². The van der Waals surface area contributed by atoms with E-state index >= 15 is 0 Å². The largest absolute Gasteiger partial charge is 0.508 e. The molecule has 3 N–H and O–H groups in total. The van der Waals surface area contributed by atoms with Gasteiger partial charge in [-0.05, 0) is 25.0 Å². The zero-order valence-corrected chi connectivity index (χ0v) is 12.8. The van der Waals surface area contributed by atoms with E-state index < -0.39 is 0 Å². The predicted molar refractivity (Wildman–Crippen MR) is 86.9 cm³/mol. The molecule has 0 amide bonds. The van der Waals surface area contributed by atoms with Crippen molar-refractivity contribution < 1.29 is 14.9 Å². The zero-order valence-electron chi connectivity index (χ0n) is 12.8. The highest BCUT2D eigenvalue weighted by atomic mass is 16.5. The first kappa shape index (κ1) is 14.9. The molecule has 0 bridgehead atoms. The molecule has 4 rings (SSSR count). The summed E-state index contributed by atoms with van der Waals surface area (Å²) < 4.78 is 7.66. The number of phenolic OH excluding ortho intramolecular Hbond substituents is 1. The van der Waals surface area contributed by atoms with E-state index in [2.05, 4.69) is 20.3 Å². The third-order valence-electron chi connectivity index (χ3n) is 4.07. The van der Waals surface area contributed by atoms with Gasteiger partial charge in [-0.15, -0.1) is 0 Å². The van der Waals surface area contributed by atoms with Crippen molar-refractivity contribution in [3.05, 3.63) is 36.9 Å². The number of hydrogen-bond acceptors (Lipinski definition) is 7. The number of benzene rings is 1. The highest BCUT2D eigenvalue weighted by Gasteiger charge is 2.27. The van der Waals surface area contributed by atoms with Crippen LogP contribution in [0, 0.1) is 0 Å². The van der Waals surface area contributed by atoms with E-state index in [0.717, 1.165) is 12.8 Å². The van der Waals surface area contributed by atoms with Gasteiger partial charge in [-0.3, -0.25) is 4.57 Å². The van der Waals surface area contributed by atoms with Crippen LogP contribution >= 0.6 is 0 Å². The normalized spacial score (nSPS) is 20.5. The Bertz CT molecular complexity index is 866. The smallest absolute Gasteiger partial charge is 0.167 e. The van der Waals surface area contributed by atoms with Gasteiger partial charge in [0.2, 0.25) is 0 Å². The summed E-state index contributed by atoms with van der Waals surface area (Å²) >= 11 is 0. The molecule has 1 saturated heterocycles. The highest BCUT2D eigenvalue weighted by molar-refractivity contribution is 5.85. The second-order valence-corrected chi connectivity index (χ2v) is 5.69. The Balaban J connectivity index is 1.66. The van der Waals surface area contributed by atoms with Gasteiger partial charge < -0.3 is 20.3 Å². The van der Waals surface area contributed by atoms with E-state index in [4.69, 9.17) is 4.74 Å². The number of ether oxygens (including phenoxy) is 1. The standard InChI is InChI=1S/C16H17N5O3/c22-7-12-4-5-13(24-12)21-9-19-14-15(17-8-18-16(14)21)20-10-2-1-3-11(23)6-10/h1-3,6,8-9,12-13,22-23H,4-5,7H2,(H,17,18,20)/t12-,13+/m0/s1. The summed E-state index contributed by atoms with van der Waals surface area (Å²) in [6.45, 7) is 0.0163. The molecule has 0 radical (unpaired) electrons. The maximum absolute atomic E-state index is 9.57. The molecule has 1 fully saturated rings. The summed E-state index contributed by atoms with van der Waals surface area (Å²) in [5.74, 6) is 0.728. The molecule has 8 nitrogen and oxygen atoms in total. The number of aliphatic hydroxyl groups excluding tert-OH is 1. The van der Waals surface area contributed by atoms with Crippen LogP contribution in [0.4, 0.5) is 11.5 Å². The number of anilines is 2. The number of nitrogens with zero attached hydrogens (tertiary/aromatic N) is 4. The molecule has 0 unspecified atom stereocenters. The van der Waals surface area contributed by atoms with Crippen LogP contribution < -0.4 is 5.32 Å². The summed E-state index contributed by atoms with van der Waals surface area (Å²) in [4.78, 5) is 13.0. The molecule has 1 aliphatic rings. The Kier molecular flexibility index (Phi) is 3.75. The highest BCUT2D eigenvalue weighted by Crippen LogP contribution is 2.31. The first-order valence-corrected chi connectivity index (χ1v) is 7.74. The van der Waals surface area contributed by atoms with Gasteiger partial charge in [0, 0.05) is 11.8 Å². The van der Waals surface area contributed by atoms with Crippen LogP contribution in [0.1, 0.15) is 19.1 Å². The third kappa shape index (κ3) is 2.66. The number of aromatic hydroxyl groups is 1. The lowest BCUT2D eigenvalue weighted by atomic mass is 10.2. The summed E-state index contributed by atoms with van der Waals surface area (Å²) in [5, 5.41) is 21.9. The number of hydrogen-bond donors (Lipinski definition) is 3. The fourth-order valence-electron chi connectivity index (χ4n) is 2.90. The topological polar surface area (TPSA) is 105 Å². The van der Waals surface area contributed by atoms with Gasteiger partial charge in [0.1, 0.15) is 18.3 Å². The second kappa shape index (κ2) is 6.06. The summed E-state index contributed by atoms with van der Waals surface area (Å²) in [6, 6.07) is 6.79. The summed E-state index contributed by atoms with van der Waals surface area (Å²) in [7, 11) is 0. The van der Waals surface area contributed by atoms with Gasteiger partial charge in [0.25, 0.3) is 0 Å². The fraction of sp³-hybridized carbons (Fsp3) is 0.312. The van der Waals surface area contributed by atoms with E-state index in [9.17, 15) is 10.2 Å². The molecule has 1 aliphatic heterocycles. The van der Waals surface area contributed by atoms with Crippen molar-refractivity contribution in [3.63, 3.8) is 0 Å². The summed E-state index contributed by atoms with van der Waals surface area (Å²) in [5.41, 5.74) is 2.00. The van der Waals surface area contributed by atoms with Crippen LogP contribution in [0.15, 0.2) is 36.9 Å². The van der Waals surface area contributed by atoms with Crippen molar-refractivity contribution >= 4 is 22.7 Å². The molecule has 24 heavy (non-hydrogen) atoms. The van der Waals surface area contributed by atoms with Crippen molar-refractivity contribution in [3.8, 4) is 5.75 Å². The second-order valence-electron chi connectivity index (χ2n) is 5.69. The van der Waals surface area contributed by atoms with Crippen molar-refractivity contribution in [1.29, 1.82) is 0 Å². The molecule has 1 aromatic carbocycles. The van der Waals surface area contributed by atoms with Gasteiger partial charge in [-0.2, -0.15) is 0 Å². The Morgan fingerprint density at radius 3 is 2.96 bits per heavy atom. The Morgan fingerprint density at radius 2 is 2.17 bits per heavy atom. The maximum Gasteiger partial charge on any atom is 0.167 e. The minimum absolute atomic E-state index is 0.0163. The van der Waals surface area contributed by atoms with Crippen LogP contribution in [-0.2, 0) is 4.74 Å². The molecule has 0 spiro atoms. The predicted octanol–water partition coefficient (Wildman–Crippen LogP) is 1.95. The molecular formula is C16H17N5O3. The number of aromatic nitrogens is 4. The molecule has 8 heteroatoms. The Labute approximate surface area is 137 Å². The molecule has 0 saturated carbocycles. The van der Waals surface area contributed by atoms with Gasteiger partial charge in [-0.1, -0.05) is 6.07 Å². The van der Waals surface area contributed by atoms with Crippen molar-refractivity contribution in [2.45, 2.75) is 25.2 Å². The minimum atomic E-state index is -0.185. The van der Waals surface area contributed by atoms with Crippen LogP contribution in [0.2, 0.25) is 0 Å². The molecule has 2 atom stereocenters. The van der Waals surface area contributed by atoms with Gasteiger partial charge in [0.05, 0.1) is 19.0 Å². The fourth-order valence-corrected chi connectivity index (χ4v) is 2.90. The maximum atomic E-state index is 9.57. The number of nitrogens with one attached hydrogen (secondary N) is 1. The minimum Gasteiger partial charge on any atom is -0.508 e. The average Bonchev–Trinajstić information content (AvgIpc) is 3.21. The number of fused-ring (bicyclic) bond motifs is 1. The monoisotopic (exact) mass is 327 g/mol. The molecule has 2 aromatic heterocycles. The average molecular weight is 327 g/mol. The molecule has 3 aromatic rings. The van der Waals surface area contributed by atoms with E-state index in [0.29, 0.717) is 22.7 Å². The lowest BCUT2D eigenvalue weighted by Gasteiger charge is -2.14. The van der Waals surface area contributed by atoms with E-state index in [1.807, 2.05) is 10.6 Å². The van der Waals surface area contributed by atoms with Crippen molar-refractivity contribution in [2.24, 2.45) is 0 Å². The van der Waals surface area contributed by atoms with Crippen LogP contribution in [0.25, 0.3) is 11.2 Å². The molecule has 3 heterocycles. The van der Waals surface area contributed by atoms with Crippen molar-refractivity contribution in [1.82, 2.24) is 19.5 Å². The van der Waals surface area contributed by atoms with E-state index in [1.165, 1.54) is 6.33 Å². The molecular weight excluding hydrogens is 310 g/mol.